The standard InChI is InChI=1S/C14H16N4O2/c19-13(9-1-2-9)15-5-6-16-14(20)10-3-4-11-12(7-10)18-8-17-11/h3-4,7-9H,1-2,5-6H2,(H,15,19)(H,16,20)(H,17,18). The van der Waals surface area contributed by atoms with Crippen LogP contribution in [-0.2, 0) is 4.79 Å². The Bertz CT molecular complexity index is 645. The van der Waals surface area contributed by atoms with E-state index in [0.29, 0.717) is 18.7 Å². The summed E-state index contributed by atoms with van der Waals surface area (Å²) >= 11 is 0. The third kappa shape index (κ3) is 2.79. The van der Waals surface area contributed by atoms with Crippen LogP contribution in [0.4, 0.5) is 0 Å². The van der Waals surface area contributed by atoms with E-state index in [-0.39, 0.29) is 17.7 Å². The molecule has 1 aromatic carbocycles. The molecule has 1 heterocycles. The van der Waals surface area contributed by atoms with E-state index in [9.17, 15) is 9.59 Å². The van der Waals surface area contributed by atoms with Crippen LogP contribution in [-0.4, -0.2) is 34.9 Å². The second kappa shape index (κ2) is 5.32. The number of amides is 2. The average molecular weight is 272 g/mol. The Morgan fingerprint density at radius 1 is 1.25 bits per heavy atom. The van der Waals surface area contributed by atoms with Gasteiger partial charge in [0.1, 0.15) is 0 Å². The van der Waals surface area contributed by atoms with Gasteiger partial charge in [0.25, 0.3) is 5.91 Å². The monoisotopic (exact) mass is 272 g/mol. The van der Waals surface area contributed by atoms with Gasteiger partial charge >= 0.3 is 0 Å². The molecule has 104 valence electrons. The highest BCUT2D eigenvalue weighted by Gasteiger charge is 2.28. The number of fused-ring (bicyclic) bond motifs is 1. The van der Waals surface area contributed by atoms with E-state index < -0.39 is 0 Å². The molecule has 1 aliphatic rings. The lowest BCUT2D eigenvalue weighted by Crippen LogP contribution is -2.35. The van der Waals surface area contributed by atoms with E-state index in [4.69, 9.17) is 0 Å². The molecule has 0 spiro atoms. The Labute approximate surface area is 116 Å². The second-order valence-corrected chi connectivity index (χ2v) is 4.96. The second-order valence-electron chi connectivity index (χ2n) is 4.96. The van der Waals surface area contributed by atoms with Crippen LogP contribution in [0, 0.1) is 5.92 Å². The van der Waals surface area contributed by atoms with Gasteiger partial charge in [0.05, 0.1) is 17.4 Å². The molecule has 2 amide bonds. The van der Waals surface area contributed by atoms with Crippen LogP contribution < -0.4 is 10.6 Å². The Hall–Kier alpha value is -2.37. The molecule has 3 rings (SSSR count). The number of rotatable bonds is 5. The molecule has 6 heteroatoms. The Balaban J connectivity index is 1.49. The van der Waals surface area contributed by atoms with Crippen molar-refractivity contribution in [2.45, 2.75) is 12.8 Å². The van der Waals surface area contributed by atoms with Crippen molar-refractivity contribution in [1.29, 1.82) is 0 Å². The lowest BCUT2D eigenvalue weighted by Gasteiger charge is -2.06. The fourth-order valence-electron chi connectivity index (χ4n) is 2.03. The zero-order chi connectivity index (χ0) is 13.9. The quantitative estimate of drug-likeness (QED) is 0.704. The fourth-order valence-corrected chi connectivity index (χ4v) is 2.03. The minimum atomic E-state index is -0.151. The summed E-state index contributed by atoms with van der Waals surface area (Å²) in [5.41, 5.74) is 2.24. The van der Waals surface area contributed by atoms with Gasteiger partial charge in [-0.25, -0.2) is 4.98 Å². The normalized spacial score (nSPS) is 14.2. The SMILES string of the molecule is O=C(NCCNC(=O)C1CC1)c1ccc2nc[nH]c2c1. The molecule has 2 aromatic rings. The van der Waals surface area contributed by atoms with Crippen LogP contribution in [0.1, 0.15) is 23.2 Å². The molecule has 20 heavy (non-hydrogen) atoms. The maximum absolute atomic E-state index is 11.9. The number of aromatic amines is 1. The molecule has 6 nitrogen and oxygen atoms in total. The number of hydrogen-bond acceptors (Lipinski definition) is 3. The molecule has 0 radical (unpaired) electrons. The summed E-state index contributed by atoms with van der Waals surface area (Å²) < 4.78 is 0. The number of carbonyl (C=O) groups is 2. The summed E-state index contributed by atoms with van der Waals surface area (Å²) in [6.45, 7) is 0.895. The van der Waals surface area contributed by atoms with Crippen molar-refractivity contribution in [3.05, 3.63) is 30.1 Å². The summed E-state index contributed by atoms with van der Waals surface area (Å²) in [7, 11) is 0. The van der Waals surface area contributed by atoms with Gasteiger partial charge in [-0.15, -0.1) is 0 Å². The number of nitrogens with zero attached hydrogens (tertiary/aromatic N) is 1. The number of aromatic nitrogens is 2. The van der Waals surface area contributed by atoms with E-state index >= 15 is 0 Å². The Morgan fingerprint density at radius 3 is 2.85 bits per heavy atom. The zero-order valence-corrected chi connectivity index (χ0v) is 11.0. The highest BCUT2D eigenvalue weighted by Crippen LogP contribution is 2.28. The minimum Gasteiger partial charge on any atom is -0.354 e. The van der Waals surface area contributed by atoms with Crippen LogP contribution in [0.3, 0.4) is 0 Å². The van der Waals surface area contributed by atoms with Crippen molar-refractivity contribution >= 4 is 22.8 Å². The number of H-pyrrole nitrogens is 1. The van der Waals surface area contributed by atoms with E-state index in [1.54, 1.807) is 24.5 Å². The Kier molecular flexibility index (Phi) is 3.37. The zero-order valence-electron chi connectivity index (χ0n) is 11.0. The van der Waals surface area contributed by atoms with Gasteiger partial charge in [-0.3, -0.25) is 9.59 Å². The van der Waals surface area contributed by atoms with Crippen LogP contribution >= 0.6 is 0 Å². The molecule has 0 unspecified atom stereocenters. The van der Waals surface area contributed by atoms with Crippen LogP contribution in [0.25, 0.3) is 11.0 Å². The van der Waals surface area contributed by atoms with Crippen LogP contribution in [0.2, 0.25) is 0 Å². The fraction of sp³-hybridized carbons (Fsp3) is 0.357. The van der Waals surface area contributed by atoms with Gasteiger partial charge in [0, 0.05) is 24.6 Å². The largest absolute Gasteiger partial charge is 0.354 e. The number of benzene rings is 1. The first kappa shape index (κ1) is 12.7. The lowest BCUT2D eigenvalue weighted by molar-refractivity contribution is -0.122. The molecular formula is C14H16N4O2. The van der Waals surface area contributed by atoms with E-state index in [1.165, 1.54) is 0 Å². The summed E-state index contributed by atoms with van der Waals surface area (Å²) in [5, 5.41) is 5.59. The third-order valence-corrected chi connectivity index (χ3v) is 3.34. The van der Waals surface area contributed by atoms with Crippen molar-refractivity contribution < 1.29 is 9.59 Å². The molecule has 1 fully saturated rings. The molecular weight excluding hydrogens is 256 g/mol. The first-order valence-electron chi connectivity index (χ1n) is 6.73. The van der Waals surface area contributed by atoms with E-state index in [2.05, 4.69) is 20.6 Å². The molecule has 0 saturated heterocycles. The summed E-state index contributed by atoms with van der Waals surface area (Å²) in [6.07, 6.45) is 3.57. The first-order valence-corrected chi connectivity index (χ1v) is 6.73. The molecule has 1 aromatic heterocycles. The van der Waals surface area contributed by atoms with Gasteiger partial charge in [-0.05, 0) is 31.0 Å². The number of carbonyl (C=O) groups excluding carboxylic acids is 2. The van der Waals surface area contributed by atoms with E-state index in [1.807, 2.05) is 0 Å². The van der Waals surface area contributed by atoms with Crippen molar-refractivity contribution in [3.63, 3.8) is 0 Å². The van der Waals surface area contributed by atoms with Gasteiger partial charge in [0.15, 0.2) is 0 Å². The highest BCUT2D eigenvalue weighted by molar-refractivity contribution is 5.97. The Morgan fingerprint density at radius 2 is 2.05 bits per heavy atom. The summed E-state index contributed by atoms with van der Waals surface area (Å²) in [4.78, 5) is 30.4. The molecule has 1 aliphatic carbocycles. The topological polar surface area (TPSA) is 86.9 Å². The predicted molar refractivity (Wildman–Crippen MR) is 74.2 cm³/mol. The van der Waals surface area contributed by atoms with Crippen LogP contribution in [0.5, 0.6) is 0 Å². The molecule has 0 aliphatic heterocycles. The van der Waals surface area contributed by atoms with Gasteiger partial charge < -0.3 is 15.6 Å². The predicted octanol–water partition coefficient (Wildman–Crippen LogP) is 0.819. The summed E-state index contributed by atoms with van der Waals surface area (Å²) in [6, 6.07) is 5.30. The number of hydrogen-bond donors (Lipinski definition) is 3. The molecule has 3 N–H and O–H groups in total. The van der Waals surface area contributed by atoms with Crippen molar-refractivity contribution in [3.8, 4) is 0 Å². The van der Waals surface area contributed by atoms with E-state index in [0.717, 1.165) is 23.9 Å². The molecule has 1 saturated carbocycles. The van der Waals surface area contributed by atoms with Gasteiger partial charge in [0.2, 0.25) is 5.91 Å². The number of nitrogens with one attached hydrogen (secondary N) is 3. The lowest BCUT2D eigenvalue weighted by atomic mass is 10.2. The number of imidazole rings is 1. The smallest absolute Gasteiger partial charge is 0.251 e. The maximum Gasteiger partial charge on any atom is 0.251 e. The minimum absolute atomic E-state index is 0.0955. The third-order valence-electron chi connectivity index (χ3n) is 3.34. The van der Waals surface area contributed by atoms with Crippen molar-refractivity contribution in [2.24, 2.45) is 5.92 Å². The first-order chi connectivity index (χ1) is 9.74. The molecule has 0 bridgehead atoms. The van der Waals surface area contributed by atoms with Gasteiger partial charge in [-0.2, -0.15) is 0 Å². The summed E-state index contributed by atoms with van der Waals surface area (Å²) in [5.74, 6) is 0.147. The average Bonchev–Trinajstić information content (AvgIpc) is 3.20. The van der Waals surface area contributed by atoms with Crippen molar-refractivity contribution in [2.75, 3.05) is 13.1 Å². The maximum atomic E-state index is 11.9. The van der Waals surface area contributed by atoms with Crippen molar-refractivity contribution in [1.82, 2.24) is 20.6 Å². The van der Waals surface area contributed by atoms with Gasteiger partial charge in [-0.1, -0.05) is 0 Å². The highest BCUT2D eigenvalue weighted by atomic mass is 16.2. The van der Waals surface area contributed by atoms with Crippen LogP contribution in [0.15, 0.2) is 24.5 Å². The molecule has 0 atom stereocenters.